The van der Waals surface area contributed by atoms with E-state index in [2.05, 4.69) is 4.98 Å². The molecule has 0 aliphatic rings. The summed E-state index contributed by atoms with van der Waals surface area (Å²) in [6.07, 6.45) is 0.826. The lowest BCUT2D eigenvalue weighted by atomic mass is 10.0. The van der Waals surface area contributed by atoms with Crippen LogP contribution in [0.3, 0.4) is 0 Å². The Morgan fingerprint density at radius 1 is 1.24 bits per heavy atom. The second-order valence-corrected chi connectivity index (χ2v) is 4.15. The Hall–Kier alpha value is -1.45. The average molecular weight is 252 g/mol. The van der Waals surface area contributed by atoms with Crippen LogP contribution >= 0.6 is 11.6 Å². The number of benzene rings is 1. The Labute approximate surface area is 104 Å². The molecular weight excluding hydrogens is 241 g/mol. The van der Waals surface area contributed by atoms with E-state index in [1.807, 2.05) is 0 Å². The van der Waals surface area contributed by atoms with Crippen LogP contribution in [0, 0.1) is 5.82 Å². The fourth-order valence-electron chi connectivity index (χ4n) is 1.56. The van der Waals surface area contributed by atoms with Gasteiger partial charge in [0.15, 0.2) is 0 Å². The largest absolute Gasteiger partial charge is 0.386 e. The monoisotopic (exact) mass is 251 g/mol. The second-order valence-electron chi connectivity index (χ2n) is 3.71. The van der Waals surface area contributed by atoms with Crippen molar-refractivity contribution in [2.75, 3.05) is 0 Å². The van der Waals surface area contributed by atoms with Crippen molar-refractivity contribution in [1.82, 2.24) is 4.98 Å². The first-order valence-corrected chi connectivity index (χ1v) is 5.57. The van der Waals surface area contributed by atoms with Crippen molar-refractivity contribution in [1.29, 1.82) is 0 Å². The van der Waals surface area contributed by atoms with Crippen LogP contribution in [0.15, 0.2) is 42.6 Å². The molecule has 1 N–H and O–H groups in total. The molecule has 4 heteroatoms. The van der Waals surface area contributed by atoms with Crippen molar-refractivity contribution in [2.45, 2.75) is 12.5 Å². The lowest BCUT2D eigenvalue weighted by Gasteiger charge is -2.10. The van der Waals surface area contributed by atoms with Gasteiger partial charge in [-0.25, -0.2) is 4.39 Å². The minimum Gasteiger partial charge on any atom is -0.386 e. The summed E-state index contributed by atoms with van der Waals surface area (Å²) >= 11 is 5.70. The molecule has 0 aliphatic carbocycles. The number of aromatic nitrogens is 1. The van der Waals surface area contributed by atoms with E-state index in [1.165, 1.54) is 12.3 Å². The van der Waals surface area contributed by atoms with E-state index in [0.29, 0.717) is 16.3 Å². The number of aliphatic hydroxyl groups is 1. The normalized spacial score (nSPS) is 12.4. The number of hydrogen-bond donors (Lipinski definition) is 1. The molecule has 2 aromatic rings. The summed E-state index contributed by atoms with van der Waals surface area (Å²) in [5.41, 5.74) is 0.953. The molecule has 1 aromatic carbocycles. The maximum atomic E-state index is 13.4. The van der Waals surface area contributed by atoms with Gasteiger partial charge in [-0.3, -0.25) is 4.98 Å². The van der Waals surface area contributed by atoms with Gasteiger partial charge in [-0.2, -0.15) is 0 Å². The summed E-state index contributed by atoms with van der Waals surface area (Å²) in [5, 5.41) is 10.4. The fourth-order valence-corrected chi connectivity index (χ4v) is 1.67. The van der Waals surface area contributed by atoms with Gasteiger partial charge >= 0.3 is 0 Å². The first kappa shape index (κ1) is 12.0. The Kier molecular flexibility index (Phi) is 3.71. The van der Waals surface area contributed by atoms with E-state index < -0.39 is 6.10 Å². The van der Waals surface area contributed by atoms with Gasteiger partial charge in [-0.05, 0) is 23.8 Å². The van der Waals surface area contributed by atoms with Crippen molar-refractivity contribution in [3.8, 4) is 0 Å². The Morgan fingerprint density at radius 3 is 2.65 bits per heavy atom. The predicted molar refractivity (Wildman–Crippen MR) is 64.3 cm³/mol. The predicted octanol–water partition coefficient (Wildman–Crippen LogP) is 3.15. The number of pyridine rings is 1. The van der Waals surface area contributed by atoms with Gasteiger partial charge in [-0.1, -0.05) is 29.8 Å². The van der Waals surface area contributed by atoms with Crippen molar-refractivity contribution < 1.29 is 9.50 Å². The van der Waals surface area contributed by atoms with Crippen LogP contribution in [-0.2, 0) is 6.42 Å². The van der Waals surface area contributed by atoms with Gasteiger partial charge in [0.2, 0.25) is 0 Å². The van der Waals surface area contributed by atoms with Crippen LogP contribution in [0.4, 0.5) is 4.39 Å². The average Bonchev–Trinajstić information content (AvgIpc) is 2.33. The molecule has 1 heterocycles. The molecule has 0 saturated heterocycles. The number of hydrogen-bond acceptors (Lipinski definition) is 2. The highest BCUT2D eigenvalue weighted by molar-refractivity contribution is 6.30. The molecule has 17 heavy (non-hydrogen) atoms. The molecule has 1 aromatic heterocycles. The third-order valence-corrected chi connectivity index (χ3v) is 2.69. The second kappa shape index (κ2) is 5.25. The molecule has 0 aliphatic heterocycles. The highest BCUT2D eigenvalue weighted by atomic mass is 35.5. The molecule has 1 unspecified atom stereocenters. The SMILES string of the molecule is OC(Cc1ccccc1F)c1ccc(Cl)cn1. The summed E-state index contributed by atoms with van der Waals surface area (Å²) in [5.74, 6) is -0.319. The fraction of sp³-hybridized carbons (Fsp3) is 0.154. The van der Waals surface area contributed by atoms with Crippen LogP contribution in [-0.4, -0.2) is 10.1 Å². The van der Waals surface area contributed by atoms with Crippen LogP contribution in [0.25, 0.3) is 0 Å². The van der Waals surface area contributed by atoms with Gasteiger partial charge in [0, 0.05) is 12.6 Å². The van der Waals surface area contributed by atoms with E-state index >= 15 is 0 Å². The van der Waals surface area contributed by atoms with Crippen LogP contribution in [0.1, 0.15) is 17.4 Å². The van der Waals surface area contributed by atoms with E-state index in [1.54, 1.807) is 30.3 Å². The van der Waals surface area contributed by atoms with Gasteiger partial charge < -0.3 is 5.11 Å². The molecule has 0 spiro atoms. The summed E-state index contributed by atoms with van der Waals surface area (Å²) < 4.78 is 13.4. The quantitative estimate of drug-likeness (QED) is 0.909. The smallest absolute Gasteiger partial charge is 0.126 e. The van der Waals surface area contributed by atoms with Crippen LogP contribution in [0.2, 0.25) is 5.02 Å². The van der Waals surface area contributed by atoms with Gasteiger partial charge in [-0.15, -0.1) is 0 Å². The maximum Gasteiger partial charge on any atom is 0.126 e. The lowest BCUT2D eigenvalue weighted by molar-refractivity contribution is 0.172. The van der Waals surface area contributed by atoms with E-state index in [4.69, 9.17) is 11.6 Å². The highest BCUT2D eigenvalue weighted by Gasteiger charge is 2.12. The lowest BCUT2D eigenvalue weighted by Crippen LogP contribution is -2.05. The van der Waals surface area contributed by atoms with Crippen molar-refractivity contribution in [3.05, 3.63) is 64.7 Å². The number of aliphatic hydroxyl groups excluding tert-OH is 1. The first-order valence-electron chi connectivity index (χ1n) is 5.20. The third-order valence-electron chi connectivity index (χ3n) is 2.46. The molecular formula is C13H11ClFNO. The summed E-state index contributed by atoms with van der Waals surface area (Å²) in [6, 6.07) is 9.65. The van der Waals surface area contributed by atoms with Crippen LogP contribution < -0.4 is 0 Å². The van der Waals surface area contributed by atoms with Crippen molar-refractivity contribution >= 4 is 11.6 Å². The van der Waals surface area contributed by atoms with E-state index in [9.17, 15) is 9.50 Å². The standard InChI is InChI=1S/C13H11ClFNO/c14-10-5-6-12(16-8-10)13(17)7-9-3-1-2-4-11(9)15/h1-6,8,13,17H,7H2. The number of nitrogens with zero attached hydrogens (tertiary/aromatic N) is 1. The van der Waals surface area contributed by atoms with E-state index in [-0.39, 0.29) is 12.2 Å². The molecule has 0 saturated carbocycles. The molecule has 0 bridgehead atoms. The Balaban J connectivity index is 2.14. The van der Waals surface area contributed by atoms with Crippen LogP contribution in [0.5, 0.6) is 0 Å². The zero-order chi connectivity index (χ0) is 12.3. The zero-order valence-electron chi connectivity index (χ0n) is 8.98. The number of rotatable bonds is 3. The van der Waals surface area contributed by atoms with E-state index in [0.717, 1.165) is 0 Å². The Morgan fingerprint density at radius 2 is 2.00 bits per heavy atom. The maximum absolute atomic E-state index is 13.4. The molecule has 1 atom stereocenters. The minimum absolute atomic E-state index is 0.196. The van der Waals surface area contributed by atoms with Crippen molar-refractivity contribution in [2.24, 2.45) is 0 Å². The van der Waals surface area contributed by atoms with Gasteiger partial charge in [0.25, 0.3) is 0 Å². The third kappa shape index (κ3) is 3.02. The summed E-state index contributed by atoms with van der Waals surface area (Å²) in [6.45, 7) is 0. The first-order chi connectivity index (χ1) is 8.16. The summed E-state index contributed by atoms with van der Waals surface area (Å²) in [7, 11) is 0. The molecule has 88 valence electrons. The Bertz CT molecular complexity index is 501. The zero-order valence-corrected chi connectivity index (χ0v) is 9.73. The van der Waals surface area contributed by atoms with Crippen molar-refractivity contribution in [3.63, 3.8) is 0 Å². The van der Waals surface area contributed by atoms with Gasteiger partial charge in [0.05, 0.1) is 10.7 Å². The summed E-state index contributed by atoms with van der Waals surface area (Å²) in [4.78, 5) is 4.00. The molecule has 2 rings (SSSR count). The molecule has 2 nitrogen and oxygen atoms in total. The highest BCUT2D eigenvalue weighted by Crippen LogP contribution is 2.19. The molecule has 0 amide bonds. The minimum atomic E-state index is -0.829. The number of halogens is 2. The molecule has 0 radical (unpaired) electrons. The van der Waals surface area contributed by atoms with Gasteiger partial charge in [0.1, 0.15) is 11.9 Å². The molecule has 0 fully saturated rings. The topological polar surface area (TPSA) is 33.1 Å².